The van der Waals surface area contributed by atoms with Gasteiger partial charge in [0.25, 0.3) is 0 Å². The van der Waals surface area contributed by atoms with Crippen LogP contribution in [0.1, 0.15) is 40.0 Å². The fourth-order valence-electron chi connectivity index (χ4n) is 2.03. The summed E-state index contributed by atoms with van der Waals surface area (Å²) in [6, 6.07) is -0.220. The van der Waals surface area contributed by atoms with Crippen LogP contribution in [0.2, 0.25) is 0 Å². The Labute approximate surface area is 102 Å². The van der Waals surface area contributed by atoms with E-state index in [0.717, 1.165) is 25.8 Å². The van der Waals surface area contributed by atoms with E-state index in [4.69, 9.17) is 5.11 Å². The van der Waals surface area contributed by atoms with Gasteiger partial charge < -0.3 is 15.3 Å². The largest absolute Gasteiger partial charge is 0.480 e. The Balaban J connectivity index is 2.74. The van der Waals surface area contributed by atoms with Crippen LogP contribution in [-0.2, 0) is 9.59 Å². The third-order valence-corrected chi connectivity index (χ3v) is 2.98. The normalized spacial score (nSPS) is 21.0. The molecule has 1 fully saturated rings. The molecule has 5 nitrogen and oxygen atoms in total. The van der Waals surface area contributed by atoms with Crippen LogP contribution < -0.4 is 5.32 Å². The highest BCUT2D eigenvalue weighted by Gasteiger charge is 2.33. The average Bonchev–Trinajstić information content (AvgIpc) is 2.24. The molecule has 0 aromatic rings. The number of carboxylic acids is 1. The van der Waals surface area contributed by atoms with Crippen molar-refractivity contribution in [2.75, 3.05) is 13.1 Å². The third kappa shape index (κ3) is 4.00. The molecule has 0 unspecified atom stereocenters. The Hall–Kier alpha value is -1.10. The lowest BCUT2D eigenvalue weighted by Gasteiger charge is -2.38. The van der Waals surface area contributed by atoms with E-state index in [-0.39, 0.29) is 18.5 Å². The zero-order valence-corrected chi connectivity index (χ0v) is 10.8. The van der Waals surface area contributed by atoms with E-state index in [1.807, 2.05) is 20.8 Å². The predicted molar refractivity (Wildman–Crippen MR) is 64.7 cm³/mol. The Morgan fingerprint density at radius 1 is 1.35 bits per heavy atom. The summed E-state index contributed by atoms with van der Waals surface area (Å²) in [6.45, 7) is 6.17. The molecule has 1 saturated heterocycles. The first kappa shape index (κ1) is 14.0. The Morgan fingerprint density at radius 2 is 2.00 bits per heavy atom. The molecule has 98 valence electrons. The van der Waals surface area contributed by atoms with E-state index in [1.165, 1.54) is 4.90 Å². The first-order chi connectivity index (χ1) is 7.82. The standard InChI is InChI=1S/C12H22N2O3/c1-12(2,3)14(8-10(15)16)11(17)9-6-4-5-7-13-9/h9,13H,4-8H2,1-3H3,(H,15,16)/t9-/m0/s1. The van der Waals surface area contributed by atoms with Gasteiger partial charge in [-0.3, -0.25) is 9.59 Å². The molecular formula is C12H22N2O3. The minimum atomic E-state index is -0.968. The summed E-state index contributed by atoms with van der Waals surface area (Å²) in [6.07, 6.45) is 2.90. The second-order valence-electron chi connectivity index (χ2n) is 5.49. The molecule has 1 atom stereocenters. The predicted octanol–water partition coefficient (Wildman–Crippen LogP) is 0.840. The van der Waals surface area contributed by atoms with E-state index in [1.54, 1.807) is 0 Å². The van der Waals surface area contributed by atoms with E-state index < -0.39 is 11.5 Å². The topological polar surface area (TPSA) is 69.6 Å². The summed E-state index contributed by atoms with van der Waals surface area (Å²) < 4.78 is 0. The van der Waals surface area contributed by atoms with Crippen LogP contribution in [-0.4, -0.2) is 46.6 Å². The average molecular weight is 242 g/mol. The van der Waals surface area contributed by atoms with Crippen molar-refractivity contribution in [2.45, 2.75) is 51.6 Å². The molecule has 1 rings (SSSR count). The number of rotatable bonds is 3. The van der Waals surface area contributed by atoms with Crippen LogP contribution in [0.3, 0.4) is 0 Å². The zero-order chi connectivity index (χ0) is 13.1. The maximum atomic E-state index is 12.3. The second kappa shape index (κ2) is 5.49. The molecule has 0 saturated carbocycles. The van der Waals surface area contributed by atoms with Crippen molar-refractivity contribution in [3.63, 3.8) is 0 Å². The number of amides is 1. The van der Waals surface area contributed by atoms with Crippen LogP contribution >= 0.6 is 0 Å². The lowest BCUT2D eigenvalue weighted by atomic mass is 9.99. The first-order valence-electron chi connectivity index (χ1n) is 6.09. The van der Waals surface area contributed by atoms with E-state index in [2.05, 4.69) is 5.32 Å². The molecule has 0 aromatic heterocycles. The number of aliphatic carboxylic acids is 1. The quantitative estimate of drug-likeness (QED) is 0.769. The summed E-state index contributed by atoms with van der Waals surface area (Å²) in [5.74, 6) is -1.07. The van der Waals surface area contributed by atoms with Crippen LogP contribution in [0.25, 0.3) is 0 Å². The van der Waals surface area contributed by atoms with Gasteiger partial charge in [-0.05, 0) is 40.2 Å². The highest BCUT2D eigenvalue weighted by atomic mass is 16.4. The van der Waals surface area contributed by atoms with Crippen molar-refractivity contribution in [3.05, 3.63) is 0 Å². The Kier molecular flexibility index (Phi) is 4.51. The van der Waals surface area contributed by atoms with Crippen LogP contribution in [0.15, 0.2) is 0 Å². The number of hydrogen-bond donors (Lipinski definition) is 2. The molecule has 0 bridgehead atoms. The molecule has 0 aromatic carbocycles. The molecule has 1 aliphatic heterocycles. The van der Waals surface area contributed by atoms with Gasteiger partial charge in [-0.15, -0.1) is 0 Å². The fraction of sp³-hybridized carbons (Fsp3) is 0.833. The van der Waals surface area contributed by atoms with Crippen molar-refractivity contribution in [2.24, 2.45) is 0 Å². The molecule has 17 heavy (non-hydrogen) atoms. The van der Waals surface area contributed by atoms with E-state index in [9.17, 15) is 9.59 Å². The smallest absolute Gasteiger partial charge is 0.323 e. The summed E-state index contributed by atoms with van der Waals surface area (Å²) in [5, 5.41) is 12.0. The van der Waals surface area contributed by atoms with Gasteiger partial charge in [-0.2, -0.15) is 0 Å². The monoisotopic (exact) mass is 242 g/mol. The number of nitrogens with zero attached hydrogens (tertiary/aromatic N) is 1. The van der Waals surface area contributed by atoms with Crippen molar-refractivity contribution >= 4 is 11.9 Å². The van der Waals surface area contributed by atoms with Crippen LogP contribution in [0, 0.1) is 0 Å². The first-order valence-corrected chi connectivity index (χ1v) is 6.09. The highest BCUT2D eigenvalue weighted by Crippen LogP contribution is 2.17. The molecule has 1 aliphatic rings. The molecule has 0 aliphatic carbocycles. The molecule has 0 radical (unpaired) electrons. The maximum absolute atomic E-state index is 12.3. The summed E-state index contributed by atoms with van der Waals surface area (Å²) in [5.41, 5.74) is -0.464. The van der Waals surface area contributed by atoms with E-state index in [0.29, 0.717) is 0 Å². The molecule has 2 N–H and O–H groups in total. The fourth-order valence-corrected chi connectivity index (χ4v) is 2.03. The lowest BCUT2D eigenvalue weighted by Crippen LogP contribution is -2.56. The maximum Gasteiger partial charge on any atom is 0.323 e. The van der Waals surface area contributed by atoms with Crippen molar-refractivity contribution in [3.8, 4) is 0 Å². The summed E-state index contributed by atoms with van der Waals surface area (Å²) in [4.78, 5) is 24.6. The zero-order valence-electron chi connectivity index (χ0n) is 10.8. The molecular weight excluding hydrogens is 220 g/mol. The van der Waals surface area contributed by atoms with Gasteiger partial charge in [-0.25, -0.2) is 0 Å². The summed E-state index contributed by atoms with van der Waals surface area (Å²) in [7, 11) is 0. The van der Waals surface area contributed by atoms with Gasteiger partial charge in [0.05, 0.1) is 6.04 Å². The number of carboxylic acid groups (broad SMARTS) is 1. The van der Waals surface area contributed by atoms with E-state index >= 15 is 0 Å². The molecule has 1 amide bonds. The van der Waals surface area contributed by atoms with Crippen LogP contribution in [0.4, 0.5) is 0 Å². The second-order valence-corrected chi connectivity index (χ2v) is 5.49. The van der Waals surface area contributed by atoms with Gasteiger partial charge in [0.15, 0.2) is 0 Å². The van der Waals surface area contributed by atoms with Gasteiger partial charge >= 0.3 is 5.97 Å². The number of nitrogens with one attached hydrogen (secondary N) is 1. The molecule has 1 heterocycles. The number of carbonyl (C=O) groups excluding carboxylic acids is 1. The van der Waals surface area contributed by atoms with Crippen LogP contribution in [0.5, 0.6) is 0 Å². The van der Waals surface area contributed by atoms with Gasteiger partial charge in [0.2, 0.25) is 5.91 Å². The van der Waals surface area contributed by atoms with Crippen molar-refractivity contribution in [1.82, 2.24) is 10.2 Å². The van der Waals surface area contributed by atoms with Crippen molar-refractivity contribution < 1.29 is 14.7 Å². The third-order valence-electron chi connectivity index (χ3n) is 2.98. The number of carbonyl (C=O) groups is 2. The Bertz CT molecular complexity index is 291. The minimum Gasteiger partial charge on any atom is -0.480 e. The summed E-state index contributed by atoms with van der Waals surface area (Å²) >= 11 is 0. The number of piperidine rings is 1. The highest BCUT2D eigenvalue weighted by molar-refractivity contribution is 5.86. The van der Waals surface area contributed by atoms with Gasteiger partial charge in [-0.1, -0.05) is 6.42 Å². The minimum absolute atomic E-state index is 0.0976. The van der Waals surface area contributed by atoms with Gasteiger partial charge in [0, 0.05) is 5.54 Å². The van der Waals surface area contributed by atoms with Crippen molar-refractivity contribution in [1.29, 1.82) is 0 Å². The lowest BCUT2D eigenvalue weighted by molar-refractivity contribution is -0.149. The number of hydrogen-bond acceptors (Lipinski definition) is 3. The Morgan fingerprint density at radius 3 is 2.41 bits per heavy atom. The molecule has 5 heteroatoms. The molecule has 0 spiro atoms. The van der Waals surface area contributed by atoms with Gasteiger partial charge in [0.1, 0.15) is 6.54 Å². The SMILES string of the molecule is CC(C)(C)N(CC(=O)O)C(=O)[C@@H]1CCCCN1.